The van der Waals surface area contributed by atoms with E-state index in [0.717, 1.165) is 0 Å². The second-order valence-corrected chi connectivity index (χ2v) is 4.58. The third-order valence-electron chi connectivity index (χ3n) is 3.38. The fraction of sp³-hybridized carbons (Fsp3) is 0. The monoisotopic (exact) mass is 267 g/mol. The highest BCUT2D eigenvalue weighted by molar-refractivity contribution is 6.04. The maximum Gasteiger partial charge on any atom is 0.257 e. The number of hydrogen-bond donors (Lipinski definition) is 3. The minimum Gasteiger partial charge on any atom is -0.504 e. The summed E-state index contributed by atoms with van der Waals surface area (Å²) < 4.78 is 1.82. The minimum absolute atomic E-state index is 0.268. The average molecular weight is 267 g/mol. The molecule has 4 rings (SSSR count). The van der Waals surface area contributed by atoms with Crippen LogP contribution in [-0.4, -0.2) is 24.6 Å². The van der Waals surface area contributed by atoms with Gasteiger partial charge in [0, 0.05) is 11.6 Å². The Balaban J connectivity index is 2.38. The summed E-state index contributed by atoms with van der Waals surface area (Å²) in [5, 5.41) is 20.1. The number of rotatable bonds is 0. The Morgan fingerprint density at radius 2 is 1.85 bits per heavy atom. The fourth-order valence-electron chi connectivity index (χ4n) is 2.48. The molecule has 0 fully saturated rings. The molecule has 20 heavy (non-hydrogen) atoms. The van der Waals surface area contributed by atoms with Gasteiger partial charge >= 0.3 is 0 Å². The topological polar surface area (TPSA) is 90.6 Å². The molecule has 0 saturated heterocycles. The standard InChI is InChI=1S/C14H9N3O3/c18-9-5-7-8(6-10(9)19)14(20)16-13-12(7)17-4-2-1-3-11(17)15-13/h1-6,18-19H,(H,16,20). The molecule has 0 radical (unpaired) electrons. The molecule has 0 spiro atoms. The Kier molecular flexibility index (Phi) is 1.90. The molecule has 0 unspecified atom stereocenters. The summed E-state index contributed by atoms with van der Waals surface area (Å²) in [7, 11) is 0. The number of benzene rings is 1. The number of hydrogen-bond acceptors (Lipinski definition) is 4. The van der Waals surface area contributed by atoms with Crippen LogP contribution in [0.25, 0.3) is 27.6 Å². The summed E-state index contributed by atoms with van der Waals surface area (Å²) in [6.45, 7) is 0. The van der Waals surface area contributed by atoms with Crippen LogP contribution in [0, 0.1) is 0 Å². The van der Waals surface area contributed by atoms with E-state index in [0.29, 0.717) is 27.6 Å². The van der Waals surface area contributed by atoms with Crippen LogP contribution in [0.3, 0.4) is 0 Å². The van der Waals surface area contributed by atoms with E-state index in [-0.39, 0.29) is 17.1 Å². The number of nitrogens with one attached hydrogen (secondary N) is 1. The van der Waals surface area contributed by atoms with Crippen molar-refractivity contribution in [3.63, 3.8) is 0 Å². The van der Waals surface area contributed by atoms with Crippen molar-refractivity contribution in [2.45, 2.75) is 0 Å². The normalized spacial score (nSPS) is 11.6. The van der Waals surface area contributed by atoms with Crippen LogP contribution in [0.4, 0.5) is 0 Å². The molecule has 0 bridgehead atoms. The second kappa shape index (κ2) is 3.51. The van der Waals surface area contributed by atoms with Crippen LogP contribution in [-0.2, 0) is 0 Å². The van der Waals surface area contributed by atoms with Gasteiger partial charge in [-0.3, -0.25) is 9.20 Å². The van der Waals surface area contributed by atoms with Crippen molar-refractivity contribution in [1.82, 2.24) is 14.4 Å². The van der Waals surface area contributed by atoms with Crippen molar-refractivity contribution in [3.8, 4) is 11.5 Å². The number of phenols is 2. The number of fused-ring (bicyclic) bond motifs is 5. The number of phenolic OH excluding ortho intramolecular Hbond substituents is 2. The molecule has 6 nitrogen and oxygen atoms in total. The molecular weight excluding hydrogens is 258 g/mol. The van der Waals surface area contributed by atoms with E-state index in [9.17, 15) is 15.0 Å². The number of imidazole rings is 1. The number of pyridine rings is 2. The first-order valence-electron chi connectivity index (χ1n) is 6.00. The van der Waals surface area contributed by atoms with E-state index in [1.165, 1.54) is 12.1 Å². The van der Waals surface area contributed by atoms with Crippen molar-refractivity contribution >= 4 is 27.6 Å². The first kappa shape index (κ1) is 10.9. The Hall–Kier alpha value is -3.02. The van der Waals surface area contributed by atoms with Gasteiger partial charge in [-0.25, -0.2) is 4.98 Å². The van der Waals surface area contributed by atoms with Crippen molar-refractivity contribution in [2.24, 2.45) is 0 Å². The molecule has 1 aromatic carbocycles. The summed E-state index contributed by atoms with van der Waals surface area (Å²) in [6.07, 6.45) is 1.83. The average Bonchev–Trinajstić information content (AvgIpc) is 2.79. The molecule has 0 amide bonds. The third kappa shape index (κ3) is 1.27. The predicted molar refractivity (Wildman–Crippen MR) is 74.2 cm³/mol. The van der Waals surface area contributed by atoms with Gasteiger partial charge in [-0.1, -0.05) is 6.07 Å². The quantitative estimate of drug-likeness (QED) is 0.423. The summed E-state index contributed by atoms with van der Waals surface area (Å²) in [6, 6.07) is 8.16. The minimum atomic E-state index is -0.355. The number of aromatic hydroxyl groups is 2. The highest BCUT2D eigenvalue weighted by Crippen LogP contribution is 2.32. The van der Waals surface area contributed by atoms with Gasteiger partial charge in [-0.2, -0.15) is 0 Å². The maximum absolute atomic E-state index is 12.0. The van der Waals surface area contributed by atoms with Crippen molar-refractivity contribution in [3.05, 3.63) is 46.9 Å². The number of nitrogens with zero attached hydrogens (tertiary/aromatic N) is 2. The maximum atomic E-state index is 12.0. The number of aromatic amines is 1. The van der Waals surface area contributed by atoms with Gasteiger partial charge in [-0.05, 0) is 24.3 Å². The van der Waals surface area contributed by atoms with E-state index in [1.54, 1.807) is 0 Å². The number of H-pyrrole nitrogens is 1. The molecule has 0 saturated carbocycles. The lowest BCUT2D eigenvalue weighted by Crippen LogP contribution is -2.06. The molecule has 6 heteroatoms. The zero-order valence-electron chi connectivity index (χ0n) is 10.2. The summed E-state index contributed by atoms with van der Waals surface area (Å²) in [5.74, 6) is -0.591. The van der Waals surface area contributed by atoms with Gasteiger partial charge in [0.25, 0.3) is 5.56 Å². The van der Waals surface area contributed by atoms with Gasteiger partial charge in [0.2, 0.25) is 0 Å². The molecule has 3 aromatic heterocycles. The molecule has 0 aliphatic rings. The summed E-state index contributed by atoms with van der Waals surface area (Å²) >= 11 is 0. The van der Waals surface area contributed by atoms with Crippen LogP contribution in [0.2, 0.25) is 0 Å². The fourth-order valence-corrected chi connectivity index (χ4v) is 2.48. The Morgan fingerprint density at radius 3 is 2.65 bits per heavy atom. The lowest BCUT2D eigenvalue weighted by atomic mass is 10.1. The van der Waals surface area contributed by atoms with Gasteiger partial charge in [0.1, 0.15) is 5.65 Å². The zero-order valence-corrected chi connectivity index (χ0v) is 10.2. The van der Waals surface area contributed by atoms with Crippen LogP contribution in [0.1, 0.15) is 0 Å². The molecule has 0 aliphatic heterocycles. The van der Waals surface area contributed by atoms with Crippen LogP contribution in [0.5, 0.6) is 11.5 Å². The molecule has 3 heterocycles. The third-order valence-corrected chi connectivity index (χ3v) is 3.38. The molecule has 0 atom stereocenters. The number of aromatic nitrogens is 3. The highest BCUT2D eigenvalue weighted by atomic mass is 16.3. The van der Waals surface area contributed by atoms with E-state index < -0.39 is 0 Å². The van der Waals surface area contributed by atoms with E-state index in [1.807, 2.05) is 28.8 Å². The van der Waals surface area contributed by atoms with Gasteiger partial charge in [0.05, 0.1) is 10.9 Å². The second-order valence-electron chi connectivity index (χ2n) is 4.58. The molecule has 98 valence electrons. The van der Waals surface area contributed by atoms with E-state index >= 15 is 0 Å². The first-order valence-corrected chi connectivity index (χ1v) is 6.00. The Morgan fingerprint density at radius 1 is 1.10 bits per heavy atom. The SMILES string of the molecule is O=c1[nH]c2nc3ccccn3c2c2cc(O)c(O)cc12. The van der Waals surface area contributed by atoms with Crippen LogP contribution >= 0.6 is 0 Å². The lowest BCUT2D eigenvalue weighted by Gasteiger charge is -2.03. The zero-order chi connectivity index (χ0) is 13.9. The molecule has 3 N–H and O–H groups in total. The Bertz CT molecular complexity index is 1050. The molecule has 4 aromatic rings. The van der Waals surface area contributed by atoms with Crippen molar-refractivity contribution in [1.29, 1.82) is 0 Å². The molecule has 0 aliphatic carbocycles. The van der Waals surface area contributed by atoms with Gasteiger partial charge < -0.3 is 15.2 Å². The smallest absolute Gasteiger partial charge is 0.257 e. The first-order chi connectivity index (χ1) is 9.65. The predicted octanol–water partition coefficient (Wildman–Crippen LogP) is 1.74. The van der Waals surface area contributed by atoms with Gasteiger partial charge in [0.15, 0.2) is 17.1 Å². The van der Waals surface area contributed by atoms with E-state index in [4.69, 9.17) is 0 Å². The summed E-state index contributed by atoms with van der Waals surface area (Å²) in [4.78, 5) is 19.1. The van der Waals surface area contributed by atoms with Crippen LogP contribution < -0.4 is 5.56 Å². The Labute approximate surface area is 111 Å². The molecular formula is C14H9N3O3. The highest BCUT2D eigenvalue weighted by Gasteiger charge is 2.13. The lowest BCUT2D eigenvalue weighted by molar-refractivity contribution is 0.405. The van der Waals surface area contributed by atoms with Gasteiger partial charge in [-0.15, -0.1) is 0 Å². The van der Waals surface area contributed by atoms with Crippen molar-refractivity contribution in [2.75, 3.05) is 0 Å². The van der Waals surface area contributed by atoms with E-state index in [2.05, 4.69) is 9.97 Å². The van der Waals surface area contributed by atoms with Crippen molar-refractivity contribution < 1.29 is 10.2 Å². The summed E-state index contributed by atoms with van der Waals surface area (Å²) in [5.41, 5.74) is 1.47. The largest absolute Gasteiger partial charge is 0.504 e. The van der Waals surface area contributed by atoms with Crippen LogP contribution in [0.15, 0.2) is 41.3 Å².